The van der Waals surface area contributed by atoms with Gasteiger partial charge in [-0.3, -0.25) is 4.99 Å². The van der Waals surface area contributed by atoms with E-state index < -0.39 is 0 Å². The molecule has 0 fully saturated rings. The molecule has 2 N–H and O–H groups in total. The van der Waals surface area contributed by atoms with Crippen molar-refractivity contribution in [2.24, 2.45) is 4.99 Å². The average Bonchev–Trinajstić information content (AvgIpc) is 2.44. The highest BCUT2D eigenvalue weighted by atomic mass is 127. The second kappa shape index (κ2) is 13.6. The van der Waals surface area contributed by atoms with E-state index in [4.69, 9.17) is 23.2 Å². The first-order chi connectivity index (χ1) is 10.2. The minimum Gasteiger partial charge on any atom is -0.356 e. The Hall–Kier alpha value is 0.150. The van der Waals surface area contributed by atoms with Gasteiger partial charge in [-0.25, -0.2) is 0 Å². The van der Waals surface area contributed by atoms with E-state index in [1.54, 1.807) is 13.1 Å². The molecule has 0 aliphatic rings. The molecule has 1 rings (SSSR count). The van der Waals surface area contributed by atoms with Crippen LogP contribution in [0.4, 0.5) is 0 Å². The Balaban J connectivity index is 0.00000441. The number of thioether (sulfide) groups is 1. The highest BCUT2D eigenvalue weighted by molar-refractivity contribution is 14.0. The van der Waals surface area contributed by atoms with Gasteiger partial charge in [0, 0.05) is 30.2 Å². The third-order valence-corrected chi connectivity index (χ3v) is 4.05. The number of aliphatic imine (C=N–C) groups is 1. The van der Waals surface area contributed by atoms with E-state index in [2.05, 4.69) is 21.9 Å². The summed E-state index contributed by atoms with van der Waals surface area (Å²) in [6, 6.07) is 5.62. The summed E-state index contributed by atoms with van der Waals surface area (Å²) in [6.45, 7) is 1.74. The molecule has 1 aromatic carbocycles. The maximum absolute atomic E-state index is 5.99. The molecule has 0 saturated carbocycles. The minimum atomic E-state index is 0. The van der Waals surface area contributed by atoms with Gasteiger partial charge in [-0.2, -0.15) is 11.8 Å². The van der Waals surface area contributed by atoms with Gasteiger partial charge in [0.25, 0.3) is 0 Å². The van der Waals surface area contributed by atoms with E-state index in [1.165, 1.54) is 12.2 Å². The molecular formula is C15H24Cl2IN3S. The molecule has 3 nitrogen and oxygen atoms in total. The van der Waals surface area contributed by atoms with Crippen LogP contribution in [0.5, 0.6) is 0 Å². The fourth-order valence-electron chi connectivity index (χ4n) is 1.88. The maximum atomic E-state index is 5.99. The molecule has 0 unspecified atom stereocenters. The van der Waals surface area contributed by atoms with Crippen molar-refractivity contribution in [2.45, 2.75) is 19.3 Å². The second-order valence-corrected chi connectivity index (χ2v) is 6.51. The standard InChI is InChI=1S/C15H23Cl2N3S.HI/c1-18-15(19-6-3-4-8-21-2)20-7-5-12-9-13(16)11-14(17)10-12;/h9-11H,3-8H2,1-2H3,(H2,18,19,20);1H. The van der Waals surface area contributed by atoms with Crippen LogP contribution in [0.2, 0.25) is 10.0 Å². The van der Waals surface area contributed by atoms with Crippen molar-refractivity contribution in [2.75, 3.05) is 32.1 Å². The lowest BCUT2D eigenvalue weighted by molar-refractivity contribution is 0.730. The largest absolute Gasteiger partial charge is 0.356 e. The molecule has 126 valence electrons. The molecule has 1 aromatic rings. The number of guanidine groups is 1. The zero-order valence-corrected chi connectivity index (χ0v) is 17.7. The SMILES string of the molecule is CN=C(NCCCCSC)NCCc1cc(Cl)cc(Cl)c1.I. The monoisotopic (exact) mass is 475 g/mol. The average molecular weight is 476 g/mol. The van der Waals surface area contributed by atoms with Crippen LogP contribution >= 0.6 is 58.9 Å². The van der Waals surface area contributed by atoms with Crippen LogP contribution in [0.15, 0.2) is 23.2 Å². The summed E-state index contributed by atoms with van der Waals surface area (Å²) < 4.78 is 0. The number of nitrogens with one attached hydrogen (secondary N) is 2. The summed E-state index contributed by atoms with van der Waals surface area (Å²) in [7, 11) is 1.79. The molecule has 0 bridgehead atoms. The number of nitrogens with zero attached hydrogens (tertiary/aromatic N) is 1. The van der Waals surface area contributed by atoms with Crippen LogP contribution in [-0.4, -0.2) is 38.1 Å². The van der Waals surface area contributed by atoms with Crippen LogP contribution < -0.4 is 10.6 Å². The predicted octanol–water partition coefficient (Wildman–Crippen LogP) is 4.46. The highest BCUT2D eigenvalue weighted by Gasteiger charge is 2.00. The summed E-state index contributed by atoms with van der Waals surface area (Å²) in [5, 5.41) is 7.96. The van der Waals surface area contributed by atoms with Gasteiger partial charge in [0.1, 0.15) is 0 Å². The third-order valence-electron chi connectivity index (χ3n) is 2.92. The first-order valence-corrected chi connectivity index (χ1v) is 9.19. The van der Waals surface area contributed by atoms with Crippen molar-refractivity contribution >= 4 is 64.9 Å². The van der Waals surface area contributed by atoms with E-state index in [0.717, 1.165) is 37.5 Å². The lowest BCUT2D eigenvalue weighted by Crippen LogP contribution is -2.38. The second-order valence-electron chi connectivity index (χ2n) is 4.65. The molecule has 0 saturated heterocycles. The van der Waals surface area contributed by atoms with Gasteiger partial charge < -0.3 is 10.6 Å². The molecule has 22 heavy (non-hydrogen) atoms. The quantitative estimate of drug-likeness (QED) is 0.252. The Morgan fingerprint density at radius 1 is 1.09 bits per heavy atom. The van der Waals surface area contributed by atoms with Crippen molar-refractivity contribution < 1.29 is 0 Å². The molecule has 0 heterocycles. The first kappa shape index (κ1) is 22.1. The van der Waals surface area contributed by atoms with Crippen LogP contribution in [0, 0.1) is 0 Å². The topological polar surface area (TPSA) is 36.4 Å². The van der Waals surface area contributed by atoms with Gasteiger partial charge in [0.05, 0.1) is 0 Å². The van der Waals surface area contributed by atoms with Gasteiger partial charge in [-0.1, -0.05) is 23.2 Å². The number of halogens is 3. The van der Waals surface area contributed by atoms with Crippen molar-refractivity contribution in [1.82, 2.24) is 10.6 Å². The number of unbranched alkanes of at least 4 members (excludes halogenated alkanes) is 1. The Labute approximate surface area is 165 Å². The van der Waals surface area contributed by atoms with Gasteiger partial charge >= 0.3 is 0 Å². The lowest BCUT2D eigenvalue weighted by Gasteiger charge is -2.12. The van der Waals surface area contributed by atoms with Gasteiger partial charge in [-0.05, 0) is 55.0 Å². The van der Waals surface area contributed by atoms with Gasteiger partial charge in [-0.15, -0.1) is 24.0 Å². The molecule has 7 heteroatoms. The summed E-state index contributed by atoms with van der Waals surface area (Å²) in [6.07, 6.45) is 5.38. The highest BCUT2D eigenvalue weighted by Crippen LogP contribution is 2.19. The van der Waals surface area contributed by atoms with E-state index >= 15 is 0 Å². The Bertz CT molecular complexity index is 438. The van der Waals surface area contributed by atoms with Crippen LogP contribution in [0.25, 0.3) is 0 Å². The summed E-state index contributed by atoms with van der Waals surface area (Å²) in [4.78, 5) is 4.21. The Morgan fingerprint density at radius 3 is 2.32 bits per heavy atom. The summed E-state index contributed by atoms with van der Waals surface area (Å²) >= 11 is 13.9. The normalized spacial score (nSPS) is 11.0. The molecule has 0 amide bonds. The van der Waals surface area contributed by atoms with Gasteiger partial charge in [0.2, 0.25) is 0 Å². The lowest BCUT2D eigenvalue weighted by atomic mass is 10.1. The predicted molar refractivity (Wildman–Crippen MR) is 113 cm³/mol. The number of rotatable bonds is 8. The van der Waals surface area contributed by atoms with Crippen molar-refractivity contribution in [3.63, 3.8) is 0 Å². The first-order valence-electron chi connectivity index (χ1n) is 7.04. The van der Waals surface area contributed by atoms with E-state index in [9.17, 15) is 0 Å². The molecule has 0 aliphatic carbocycles. The minimum absolute atomic E-state index is 0. The molecule has 0 spiro atoms. The number of hydrogen-bond donors (Lipinski definition) is 2. The Morgan fingerprint density at radius 2 is 1.73 bits per heavy atom. The zero-order valence-electron chi connectivity index (χ0n) is 13.0. The van der Waals surface area contributed by atoms with E-state index in [-0.39, 0.29) is 24.0 Å². The number of benzene rings is 1. The van der Waals surface area contributed by atoms with Crippen molar-refractivity contribution in [3.8, 4) is 0 Å². The summed E-state index contributed by atoms with van der Waals surface area (Å²) in [5.74, 6) is 2.05. The van der Waals surface area contributed by atoms with Crippen molar-refractivity contribution in [1.29, 1.82) is 0 Å². The van der Waals surface area contributed by atoms with Crippen LogP contribution in [0.1, 0.15) is 18.4 Å². The zero-order chi connectivity index (χ0) is 15.5. The van der Waals surface area contributed by atoms with E-state index in [0.29, 0.717) is 10.0 Å². The van der Waals surface area contributed by atoms with Gasteiger partial charge in [0.15, 0.2) is 5.96 Å². The van der Waals surface area contributed by atoms with Crippen molar-refractivity contribution in [3.05, 3.63) is 33.8 Å². The van der Waals surface area contributed by atoms with E-state index in [1.807, 2.05) is 23.9 Å². The molecule has 0 aromatic heterocycles. The fourth-order valence-corrected chi connectivity index (χ4v) is 2.94. The summed E-state index contributed by atoms with van der Waals surface area (Å²) in [5.41, 5.74) is 1.12. The molecule has 0 atom stereocenters. The third kappa shape index (κ3) is 10.0. The maximum Gasteiger partial charge on any atom is 0.190 e. The molecule has 0 aliphatic heterocycles. The van der Waals surface area contributed by atoms with Crippen LogP contribution in [0.3, 0.4) is 0 Å². The molecule has 0 radical (unpaired) electrons. The van der Waals surface area contributed by atoms with Crippen LogP contribution in [-0.2, 0) is 6.42 Å². The number of hydrogen-bond acceptors (Lipinski definition) is 2. The molecular weight excluding hydrogens is 452 g/mol. The smallest absolute Gasteiger partial charge is 0.190 e. The Kier molecular flexibility index (Phi) is 13.7. The fraction of sp³-hybridized carbons (Fsp3) is 0.533.